The number of nitrogens with zero attached hydrogens (tertiary/aromatic N) is 1. The minimum atomic E-state index is -4.86. The molecule has 0 radical (unpaired) electrons. The third-order valence-corrected chi connectivity index (χ3v) is 5.26. The summed E-state index contributed by atoms with van der Waals surface area (Å²) < 4.78 is 36.5. The summed E-state index contributed by atoms with van der Waals surface area (Å²) in [6.45, 7) is 0. The minimum absolute atomic E-state index is 0.111. The van der Waals surface area contributed by atoms with E-state index in [1.165, 1.54) is 6.07 Å². The molecule has 1 fully saturated rings. The number of hydrogen-bond acceptors (Lipinski definition) is 10. The Morgan fingerprint density at radius 2 is 1.81 bits per heavy atom. The van der Waals surface area contributed by atoms with E-state index in [1.54, 1.807) is 0 Å². The SMILES string of the molecule is O=C(NC(CS(=O)(=O)O)C(=O)ON1C(=O)CCC1=O)c1cc2cc(Cl)c(O)cc2oc1=O. The Kier molecular flexibility index (Phi) is 6.20. The molecule has 1 aromatic carbocycles. The molecule has 1 unspecified atom stereocenters. The first kappa shape index (κ1) is 23.2. The number of imide groups is 1. The van der Waals surface area contributed by atoms with Crippen molar-refractivity contribution in [3.63, 3.8) is 0 Å². The molecule has 1 saturated heterocycles. The van der Waals surface area contributed by atoms with Gasteiger partial charge in [-0.2, -0.15) is 8.42 Å². The first-order valence-electron chi connectivity index (χ1n) is 8.65. The second-order valence-corrected chi connectivity index (χ2v) is 8.46. The van der Waals surface area contributed by atoms with E-state index in [9.17, 15) is 37.5 Å². The fraction of sp³-hybridized carbons (Fsp3) is 0.235. The van der Waals surface area contributed by atoms with E-state index in [-0.39, 0.29) is 39.6 Å². The molecule has 2 heterocycles. The van der Waals surface area contributed by atoms with Gasteiger partial charge in [-0.1, -0.05) is 11.6 Å². The first-order valence-corrected chi connectivity index (χ1v) is 10.6. The van der Waals surface area contributed by atoms with E-state index in [0.717, 1.165) is 12.1 Å². The zero-order valence-corrected chi connectivity index (χ0v) is 17.3. The Bertz CT molecular complexity index is 1300. The maximum Gasteiger partial charge on any atom is 0.356 e. The number of fused-ring (bicyclic) bond motifs is 1. The summed E-state index contributed by atoms with van der Waals surface area (Å²) in [6.07, 6.45) is -0.477. The summed E-state index contributed by atoms with van der Waals surface area (Å²) in [5, 5.41) is 11.6. The Balaban J connectivity index is 1.89. The van der Waals surface area contributed by atoms with Crippen molar-refractivity contribution < 1.29 is 46.5 Å². The van der Waals surface area contributed by atoms with Crippen LogP contribution in [0.4, 0.5) is 0 Å². The second-order valence-electron chi connectivity index (χ2n) is 6.56. The first-order chi connectivity index (χ1) is 14.9. The zero-order chi connectivity index (χ0) is 23.8. The van der Waals surface area contributed by atoms with Crippen LogP contribution in [-0.4, -0.2) is 58.6 Å². The summed E-state index contributed by atoms with van der Waals surface area (Å²) in [5.74, 6) is -6.35. The monoisotopic (exact) mass is 488 g/mol. The molecule has 3 rings (SSSR count). The molecule has 0 aliphatic carbocycles. The number of rotatable bonds is 6. The molecule has 32 heavy (non-hydrogen) atoms. The van der Waals surface area contributed by atoms with Crippen molar-refractivity contribution in [1.82, 2.24) is 10.4 Å². The van der Waals surface area contributed by atoms with Gasteiger partial charge in [-0.05, 0) is 12.1 Å². The molecule has 2 aromatic rings. The lowest BCUT2D eigenvalue weighted by Crippen LogP contribution is -2.49. The standard InChI is InChI=1S/C17H13ClN2O11S/c18-9-4-7-3-8(16(25)30-12(7)5-11(9)21)15(24)19-10(6-32(27,28)29)17(26)31-20-13(22)1-2-14(20)23/h3-5,10,21H,1-2,6H2,(H,19,24)(H,27,28,29). The van der Waals surface area contributed by atoms with Gasteiger partial charge in [0.15, 0.2) is 0 Å². The summed E-state index contributed by atoms with van der Waals surface area (Å²) >= 11 is 5.78. The average Bonchev–Trinajstić information content (AvgIpc) is 2.99. The molecule has 0 spiro atoms. The summed E-state index contributed by atoms with van der Waals surface area (Å²) in [6, 6.07) is 1.12. The lowest BCUT2D eigenvalue weighted by atomic mass is 10.1. The Hall–Kier alpha value is -3.49. The number of nitrogens with one attached hydrogen (secondary N) is 1. The van der Waals surface area contributed by atoms with Crippen molar-refractivity contribution in [2.75, 3.05) is 5.75 Å². The highest BCUT2D eigenvalue weighted by Gasteiger charge is 2.37. The number of amides is 3. The van der Waals surface area contributed by atoms with Crippen LogP contribution in [0.3, 0.4) is 0 Å². The average molecular weight is 489 g/mol. The van der Waals surface area contributed by atoms with E-state index in [2.05, 4.69) is 4.84 Å². The molecular weight excluding hydrogens is 476 g/mol. The third kappa shape index (κ3) is 5.04. The molecule has 0 saturated carbocycles. The topological polar surface area (TPSA) is 198 Å². The normalized spacial score (nSPS) is 15.1. The molecule has 0 bridgehead atoms. The summed E-state index contributed by atoms with van der Waals surface area (Å²) in [7, 11) is -4.86. The Labute approximate surface area is 183 Å². The van der Waals surface area contributed by atoms with E-state index >= 15 is 0 Å². The van der Waals surface area contributed by atoms with E-state index in [1.807, 2.05) is 5.32 Å². The maximum atomic E-state index is 12.5. The lowest BCUT2D eigenvalue weighted by molar-refractivity contribution is -0.198. The highest BCUT2D eigenvalue weighted by molar-refractivity contribution is 7.85. The van der Waals surface area contributed by atoms with E-state index in [0.29, 0.717) is 0 Å². The van der Waals surface area contributed by atoms with Crippen LogP contribution in [0.15, 0.2) is 27.4 Å². The quantitative estimate of drug-likeness (QED) is 0.275. The number of hydroxylamine groups is 2. The number of phenols is 1. The molecule has 1 aromatic heterocycles. The van der Waals surface area contributed by atoms with Crippen LogP contribution in [0.1, 0.15) is 23.2 Å². The van der Waals surface area contributed by atoms with Crippen LogP contribution in [-0.2, 0) is 29.3 Å². The summed E-state index contributed by atoms with van der Waals surface area (Å²) in [5.41, 5.74) is -2.00. The minimum Gasteiger partial charge on any atom is -0.506 e. The number of aromatic hydroxyl groups is 1. The number of benzene rings is 1. The van der Waals surface area contributed by atoms with Crippen molar-refractivity contribution >= 4 is 56.4 Å². The van der Waals surface area contributed by atoms with E-state index in [4.69, 9.17) is 20.6 Å². The summed E-state index contributed by atoms with van der Waals surface area (Å²) in [4.78, 5) is 64.7. The van der Waals surface area contributed by atoms with Crippen LogP contribution in [0.2, 0.25) is 5.02 Å². The van der Waals surface area contributed by atoms with Gasteiger partial charge in [0.25, 0.3) is 27.8 Å². The van der Waals surface area contributed by atoms with Crippen molar-refractivity contribution in [3.8, 4) is 5.75 Å². The fourth-order valence-corrected chi connectivity index (χ4v) is 3.53. The van der Waals surface area contributed by atoms with Gasteiger partial charge < -0.3 is 19.7 Å². The molecule has 170 valence electrons. The van der Waals surface area contributed by atoms with Gasteiger partial charge in [-0.15, -0.1) is 5.06 Å². The van der Waals surface area contributed by atoms with Crippen LogP contribution in [0.25, 0.3) is 11.0 Å². The van der Waals surface area contributed by atoms with Crippen molar-refractivity contribution in [1.29, 1.82) is 0 Å². The highest BCUT2D eigenvalue weighted by Crippen LogP contribution is 2.28. The highest BCUT2D eigenvalue weighted by atomic mass is 35.5. The number of phenolic OH excluding ortho intramolecular Hbond substituents is 1. The van der Waals surface area contributed by atoms with Crippen molar-refractivity contribution in [2.45, 2.75) is 18.9 Å². The Morgan fingerprint density at radius 3 is 2.41 bits per heavy atom. The van der Waals surface area contributed by atoms with Crippen LogP contribution in [0.5, 0.6) is 5.75 Å². The predicted molar refractivity (Wildman–Crippen MR) is 104 cm³/mol. The largest absolute Gasteiger partial charge is 0.506 e. The number of carbonyl (C=O) groups is 4. The number of halogens is 1. The second kappa shape index (κ2) is 8.57. The molecule has 3 N–H and O–H groups in total. The molecule has 1 atom stereocenters. The molecule has 3 amide bonds. The van der Waals surface area contributed by atoms with Crippen LogP contribution < -0.4 is 10.9 Å². The third-order valence-electron chi connectivity index (χ3n) is 4.20. The van der Waals surface area contributed by atoms with Crippen molar-refractivity contribution in [3.05, 3.63) is 39.2 Å². The van der Waals surface area contributed by atoms with Crippen LogP contribution in [0, 0.1) is 0 Å². The van der Waals surface area contributed by atoms with Gasteiger partial charge in [0.1, 0.15) is 28.7 Å². The maximum absolute atomic E-state index is 12.5. The van der Waals surface area contributed by atoms with Gasteiger partial charge in [0.05, 0.1) is 5.02 Å². The van der Waals surface area contributed by atoms with Gasteiger partial charge >= 0.3 is 11.6 Å². The van der Waals surface area contributed by atoms with Crippen molar-refractivity contribution in [2.24, 2.45) is 0 Å². The van der Waals surface area contributed by atoms with Crippen LogP contribution >= 0.6 is 11.6 Å². The molecule has 13 nitrogen and oxygen atoms in total. The molecule has 1 aliphatic heterocycles. The fourth-order valence-electron chi connectivity index (χ4n) is 2.71. The number of carbonyl (C=O) groups excluding carboxylic acids is 4. The molecule has 15 heteroatoms. The zero-order valence-electron chi connectivity index (χ0n) is 15.7. The number of hydrogen-bond donors (Lipinski definition) is 3. The van der Waals surface area contributed by atoms with Gasteiger partial charge in [-0.25, -0.2) is 9.59 Å². The van der Waals surface area contributed by atoms with E-state index < -0.39 is 56.8 Å². The lowest BCUT2D eigenvalue weighted by Gasteiger charge is -2.19. The van der Waals surface area contributed by atoms with Gasteiger partial charge in [0.2, 0.25) is 0 Å². The smallest absolute Gasteiger partial charge is 0.356 e. The van der Waals surface area contributed by atoms with Gasteiger partial charge in [0, 0.05) is 24.3 Å². The predicted octanol–water partition coefficient (Wildman–Crippen LogP) is -0.255. The van der Waals surface area contributed by atoms with Gasteiger partial charge in [-0.3, -0.25) is 18.9 Å². The molecule has 1 aliphatic rings. The molecular formula is C17H13ClN2O11S. The Morgan fingerprint density at radius 1 is 1.19 bits per heavy atom.